The number of nitrogens with one attached hydrogen (secondary N) is 1. The van der Waals surface area contributed by atoms with Crippen LogP contribution in [0.2, 0.25) is 0 Å². The zero-order chi connectivity index (χ0) is 23.3. The van der Waals surface area contributed by atoms with Gasteiger partial charge in [0, 0.05) is 11.8 Å². The van der Waals surface area contributed by atoms with Crippen LogP contribution < -0.4 is 15.5 Å². The van der Waals surface area contributed by atoms with E-state index in [1.165, 1.54) is 19.1 Å². The van der Waals surface area contributed by atoms with Crippen molar-refractivity contribution in [3.63, 3.8) is 0 Å². The smallest absolute Gasteiger partial charge is 0.416 e. The number of para-hydroxylation sites is 2. The maximum atomic E-state index is 13.1. The third-order valence-electron chi connectivity index (χ3n) is 4.63. The molecule has 6 nitrogen and oxygen atoms in total. The van der Waals surface area contributed by atoms with Crippen molar-refractivity contribution in [1.29, 1.82) is 0 Å². The molecule has 0 spiro atoms. The third-order valence-corrected chi connectivity index (χ3v) is 4.63. The van der Waals surface area contributed by atoms with Gasteiger partial charge in [-0.3, -0.25) is 9.59 Å². The van der Waals surface area contributed by atoms with Crippen LogP contribution in [0.25, 0.3) is 5.69 Å². The van der Waals surface area contributed by atoms with E-state index < -0.39 is 28.8 Å². The monoisotopic (exact) mass is 445 g/mol. The molecule has 0 saturated carbocycles. The minimum Gasteiger partial charge on any atom is -0.491 e. The minimum atomic E-state index is -4.54. The van der Waals surface area contributed by atoms with Crippen molar-refractivity contribution < 1.29 is 22.7 Å². The number of ether oxygens (including phenoxy) is 1. The Balaban J connectivity index is 1.94. The molecule has 0 unspecified atom stereocenters. The molecule has 1 aromatic heterocycles. The van der Waals surface area contributed by atoms with E-state index >= 15 is 0 Å². The second kappa shape index (κ2) is 9.67. The van der Waals surface area contributed by atoms with Crippen LogP contribution in [0, 0.1) is 6.92 Å². The average molecular weight is 445 g/mol. The fraction of sp³-hybridized carbons (Fsp3) is 0.261. The Morgan fingerprint density at radius 3 is 2.59 bits per heavy atom. The number of halogens is 3. The Bertz CT molecular complexity index is 1170. The topological polar surface area (TPSA) is 73.2 Å². The molecule has 3 rings (SSSR count). The molecule has 0 bridgehead atoms. The highest BCUT2D eigenvalue weighted by molar-refractivity contribution is 6.03. The van der Waals surface area contributed by atoms with Gasteiger partial charge in [0.2, 0.25) is 5.43 Å². The summed E-state index contributed by atoms with van der Waals surface area (Å²) in [4.78, 5) is 25.2. The van der Waals surface area contributed by atoms with Gasteiger partial charge in [0.05, 0.1) is 23.5 Å². The van der Waals surface area contributed by atoms with Gasteiger partial charge in [0.25, 0.3) is 5.91 Å². The number of nitrogens with zero attached hydrogens (tertiary/aromatic N) is 2. The van der Waals surface area contributed by atoms with E-state index in [1.807, 2.05) is 6.92 Å². The van der Waals surface area contributed by atoms with Crippen molar-refractivity contribution >= 4 is 11.6 Å². The van der Waals surface area contributed by atoms with Crippen LogP contribution in [-0.2, 0) is 6.18 Å². The molecule has 0 aliphatic heterocycles. The van der Waals surface area contributed by atoms with Crippen LogP contribution in [0.3, 0.4) is 0 Å². The SMILES string of the molecule is CCCCOc1ccccc1NC(=O)c1nn(-c2cccc(C(F)(F)F)c2)c(C)cc1=O. The summed E-state index contributed by atoms with van der Waals surface area (Å²) < 4.78 is 46.1. The molecule has 1 amide bonds. The lowest BCUT2D eigenvalue weighted by atomic mass is 10.2. The van der Waals surface area contributed by atoms with E-state index in [9.17, 15) is 22.8 Å². The summed E-state index contributed by atoms with van der Waals surface area (Å²) in [6.45, 7) is 4.01. The van der Waals surface area contributed by atoms with E-state index in [1.54, 1.807) is 24.3 Å². The Kier molecular flexibility index (Phi) is 6.97. The average Bonchev–Trinajstić information content (AvgIpc) is 2.74. The van der Waals surface area contributed by atoms with E-state index in [0.717, 1.165) is 35.7 Å². The van der Waals surface area contributed by atoms with Crippen molar-refractivity contribution in [1.82, 2.24) is 9.78 Å². The summed E-state index contributed by atoms with van der Waals surface area (Å²) >= 11 is 0. The van der Waals surface area contributed by atoms with Crippen LogP contribution in [0.4, 0.5) is 18.9 Å². The second-order valence-electron chi connectivity index (χ2n) is 7.11. The molecule has 3 aromatic rings. The number of anilines is 1. The van der Waals surface area contributed by atoms with Gasteiger partial charge >= 0.3 is 6.18 Å². The van der Waals surface area contributed by atoms with Gasteiger partial charge in [-0.1, -0.05) is 31.5 Å². The molecule has 9 heteroatoms. The molecule has 0 radical (unpaired) electrons. The zero-order valence-electron chi connectivity index (χ0n) is 17.6. The Hall–Kier alpha value is -3.62. The van der Waals surface area contributed by atoms with E-state index in [2.05, 4.69) is 10.4 Å². The molecule has 1 heterocycles. The fourth-order valence-electron chi connectivity index (χ4n) is 2.98. The van der Waals surface area contributed by atoms with Crippen LogP contribution >= 0.6 is 0 Å². The summed E-state index contributed by atoms with van der Waals surface area (Å²) in [5, 5.41) is 6.66. The number of rotatable bonds is 7. The second-order valence-corrected chi connectivity index (χ2v) is 7.11. The number of hydrogen-bond donors (Lipinski definition) is 1. The molecule has 0 aliphatic rings. The standard InChI is InChI=1S/C23H22F3N3O3/c1-3-4-12-32-20-11-6-5-10-18(20)27-22(31)21-19(30)13-15(2)29(28-21)17-9-7-8-16(14-17)23(24,25)26/h5-11,13-14H,3-4,12H2,1-2H3,(H,27,31). The first-order chi connectivity index (χ1) is 15.2. The zero-order valence-corrected chi connectivity index (χ0v) is 17.6. The molecule has 0 aliphatic carbocycles. The number of amides is 1. The molecular weight excluding hydrogens is 423 g/mol. The fourth-order valence-corrected chi connectivity index (χ4v) is 2.98. The first kappa shape index (κ1) is 23.1. The highest BCUT2D eigenvalue weighted by atomic mass is 19.4. The number of unbranched alkanes of at least 4 members (excludes halogenated alkanes) is 1. The largest absolute Gasteiger partial charge is 0.491 e. The first-order valence-corrected chi connectivity index (χ1v) is 10.0. The van der Waals surface area contributed by atoms with Crippen LogP contribution in [0.1, 0.15) is 41.5 Å². The van der Waals surface area contributed by atoms with Crippen LogP contribution in [0.5, 0.6) is 5.75 Å². The molecule has 2 aromatic carbocycles. The van der Waals surface area contributed by atoms with Crippen LogP contribution in [0.15, 0.2) is 59.4 Å². The molecule has 32 heavy (non-hydrogen) atoms. The number of carbonyl (C=O) groups is 1. The molecule has 1 N–H and O–H groups in total. The third kappa shape index (κ3) is 5.35. The van der Waals surface area contributed by atoms with Gasteiger partial charge in [-0.05, 0) is 43.7 Å². The van der Waals surface area contributed by atoms with Gasteiger partial charge in [-0.2, -0.15) is 18.3 Å². The lowest BCUT2D eigenvalue weighted by molar-refractivity contribution is -0.137. The Labute approximate surface area is 182 Å². The Morgan fingerprint density at radius 2 is 1.88 bits per heavy atom. The quantitative estimate of drug-likeness (QED) is 0.520. The summed E-state index contributed by atoms with van der Waals surface area (Å²) in [5.74, 6) is -0.345. The van der Waals surface area contributed by atoms with Gasteiger partial charge in [-0.15, -0.1) is 0 Å². The highest BCUT2D eigenvalue weighted by Gasteiger charge is 2.30. The summed E-state index contributed by atoms with van der Waals surface area (Å²) in [6.07, 6.45) is -2.76. The van der Waals surface area contributed by atoms with Gasteiger partial charge in [0.15, 0.2) is 5.69 Å². The predicted octanol–water partition coefficient (Wildman–Crippen LogP) is 4.99. The lowest BCUT2D eigenvalue weighted by Crippen LogP contribution is -2.27. The highest BCUT2D eigenvalue weighted by Crippen LogP contribution is 2.30. The first-order valence-electron chi connectivity index (χ1n) is 10.0. The maximum Gasteiger partial charge on any atom is 0.416 e. The number of carbonyl (C=O) groups excluding carboxylic acids is 1. The van der Waals surface area contributed by atoms with Crippen LogP contribution in [-0.4, -0.2) is 22.3 Å². The van der Waals surface area contributed by atoms with Crippen molar-refractivity contribution in [3.05, 3.63) is 81.8 Å². The Morgan fingerprint density at radius 1 is 1.12 bits per heavy atom. The number of benzene rings is 2. The van der Waals surface area contributed by atoms with Crippen molar-refractivity contribution in [2.45, 2.75) is 32.9 Å². The summed E-state index contributed by atoms with van der Waals surface area (Å²) in [5.41, 5.74) is -1.23. The van der Waals surface area contributed by atoms with Gasteiger partial charge in [-0.25, -0.2) is 4.68 Å². The normalized spacial score (nSPS) is 11.3. The summed E-state index contributed by atoms with van der Waals surface area (Å²) in [6, 6.07) is 12.4. The molecular formula is C23H22F3N3O3. The van der Waals surface area contributed by atoms with E-state index in [0.29, 0.717) is 18.0 Å². The lowest BCUT2D eigenvalue weighted by Gasteiger charge is -2.14. The van der Waals surface area contributed by atoms with Gasteiger partial charge < -0.3 is 10.1 Å². The summed E-state index contributed by atoms with van der Waals surface area (Å²) in [7, 11) is 0. The molecule has 0 fully saturated rings. The minimum absolute atomic E-state index is 0.0784. The number of aromatic nitrogens is 2. The van der Waals surface area contributed by atoms with Crippen molar-refractivity contribution in [2.24, 2.45) is 0 Å². The molecule has 0 saturated heterocycles. The van der Waals surface area contributed by atoms with Crippen molar-refractivity contribution in [3.8, 4) is 11.4 Å². The molecule has 168 valence electrons. The van der Waals surface area contributed by atoms with Gasteiger partial charge in [0.1, 0.15) is 5.75 Å². The number of hydrogen-bond acceptors (Lipinski definition) is 4. The van der Waals surface area contributed by atoms with E-state index in [4.69, 9.17) is 4.74 Å². The van der Waals surface area contributed by atoms with E-state index in [-0.39, 0.29) is 11.4 Å². The number of alkyl halides is 3. The molecule has 0 atom stereocenters. The van der Waals surface area contributed by atoms with Crippen molar-refractivity contribution in [2.75, 3.05) is 11.9 Å². The number of aryl methyl sites for hydroxylation is 1. The predicted molar refractivity (Wildman–Crippen MR) is 114 cm³/mol. The maximum absolute atomic E-state index is 13.1.